The van der Waals surface area contributed by atoms with Gasteiger partial charge in [-0.25, -0.2) is 4.79 Å². The highest BCUT2D eigenvalue weighted by molar-refractivity contribution is 6.04. The molecule has 2 fully saturated rings. The maximum atomic E-state index is 12.3. The molecule has 0 atom stereocenters. The van der Waals surface area contributed by atoms with E-state index in [0.29, 0.717) is 19.7 Å². The number of piperazine rings is 1. The van der Waals surface area contributed by atoms with Gasteiger partial charge in [-0.05, 0) is 24.3 Å². The lowest BCUT2D eigenvalue weighted by molar-refractivity contribution is -0.137. The molecular weight excluding hydrogens is 352 g/mol. The summed E-state index contributed by atoms with van der Waals surface area (Å²) >= 11 is 0. The molecule has 2 aliphatic rings. The molecule has 0 aliphatic carbocycles. The Labute approximate surface area is 157 Å². The number of urea groups is 1. The van der Waals surface area contributed by atoms with Gasteiger partial charge in [0.1, 0.15) is 24.7 Å². The molecule has 0 spiro atoms. The molecule has 146 valence electrons. The van der Waals surface area contributed by atoms with Gasteiger partial charge >= 0.3 is 6.03 Å². The molecule has 4 amide bonds. The van der Waals surface area contributed by atoms with E-state index in [-0.39, 0.29) is 24.9 Å². The molecule has 2 aliphatic heterocycles. The van der Waals surface area contributed by atoms with Gasteiger partial charge in [0, 0.05) is 32.7 Å². The molecule has 0 bridgehead atoms. The predicted octanol–water partition coefficient (Wildman–Crippen LogP) is -0.230. The van der Waals surface area contributed by atoms with Crippen molar-refractivity contribution in [3.05, 3.63) is 24.3 Å². The third-order valence-electron chi connectivity index (χ3n) is 4.69. The highest BCUT2D eigenvalue weighted by Gasteiger charge is 2.32. The molecule has 1 aromatic carbocycles. The predicted molar refractivity (Wildman–Crippen MR) is 96.6 cm³/mol. The van der Waals surface area contributed by atoms with Crippen molar-refractivity contribution in [3.63, 3.8) is 0 Å². The third kappa shape index (κ3) is 4.88. The van der Waals surface area contributed by atoms with Crippen LogP contribution < -0.4 is 14.8 Å². The summed E-state index contributed by atoms with van der Waals surface area (Å²) in [6.07, 6.45) is 0. The smallest absolute Gasteiger partial charge is 0.325 e. The van der Waals surface area contributed by atoms with Crippen LogP contribution in [0, 0.1) is 0 Å². The molecule has 9 nitrogen and oxygen atoms in total. The van der Waals surface area contributed by atoms with E-state index in [1.807, 2.05) is 24.3 Å². The number of imide groups is 1. The van der Waals surface area contributed by atoms with E-state index < -0.39 is 6.03 Å². The summed E-state index contributed by atoms with van der Waals surface area (Å²) < 4.78 is 10.8. The van der Waals surface area contributed by atoms with Crippen molar-refractivity contribution in [3.8, 4) is 11.5 Å². The van der Waals surface area contributed by atoms with Crippen molar-refractivity contribution >= 4 is 17.8 Å². The summed E-state index contributed by atoms with van der Waals surface area (Å²) in [6, 6.07) is 6.94. The Morgan fingerprint density at radius 3 is 2.33 bits per heavy atom. The van der Waals surface area contributed by atoms with Gasteiger partial charge in [-0.15, -0.1) is 0 Å². The van der Waals surface area contributed by atoms with Crippen LogP contribution in [0.5, 0.6) is 11.5 Å². The Hall–Kier alpha value is -2.81. The van der Waals surface area contributed by atoms with Crippen molar-refractivity contribution in [1.29, 1.82) is 0 Å². The highest BCUT2D eigenvalue weighted by atomic mass is 16.5. The summed E-state index contributed by atoms with van der Waals surface area (Å²) in [5.74, 6) is 1.02. The highest BCUT2D eigenvalue weighted by Crippen LogP contribution is 2.17. The second kappa shape index (κ2) is 8.72. The van der Waals surface area contributed by atoms with Gasteiger partial charge < -0.3 is 19.7 Å². The van der Waals surface area contributed by atoms with E-state index >= 15 is 0 Å². The standard InChI is InChI=1S/C18H24N4O5/c1-26-14-2-4-15(5-3-14)27-11-10-20-6-8-21(9-7-20)17(24)13-22-16(23)12-19-18(22)25/h2-5H,6-13H2,1H3,(H,19,25). The summed E-state index contributed by atoms with van der Waals surface area (Å²) in [5, 5.41) is 2.42. The fourth-order valence-corrected chi connectivity index (χ4v) is 3.04. The van der Waals surface area contributed by atoms with Gasteiger partial charge in [0.2, 0.25) is 5.91 Å². The number of nitrogens with one attached hydrogen (secondary N) is 1. The van der Waals surface area contributed by atoms with Crippen LogP contribution >= 0.6 is 0 Å². The van der Waals surface area contributed by atoms with Crippen molar-refractivity contribution in [2.75, 3.05) is 59.5 Å². The van der Waals surface area contributed by atoms with E-state index in [1.54, 1.807) is 12.0 Å². The number of carbonyl (C=O) groups is 3. The van der Waals surface area contributed by atoms with E-state index in [9.17, 15) is 14.4 Å². The number of carbonyl (C=O) groups excluding carboxylic acids is 3. The molecule has 27 heavy (non-hydrogen) atoms. The molecule has 0 unspecified atom stereocenters. The number of ether oxygens (including phenoxy) is 2. The van der Waals surface area contributed by atoms with Gasteiger partial charge in [-0.3, -0.25) is 19.4 Å². The number of nitrogens with zero attached hydrogens (tertiary/aromatic N) is 3. The zero-order valence-corrected chi connectivity index (χ0v) is 15.3. The Bertz CT molecular complexity index is 669. The number of rotatable bonds is 7. The molecule has 9 heteroatoms. The number of amides is 4. The van der Waals surface area contributed by atoms with Crippen molar-refractivity contribution in [1.82, 2.24) is 20.0 Å². The van der Waals surface area contributed by atoms with E-state index in [1.165, 1.54) is 0 Å². The molecule has 2 heterocycles. The third-order valence-corrected chi connectivity index (χ3v) is 4.69. The number of hydrogen-bond donors (Lipinski definition) is 1. The van der Waals surface area contributed by atoms with Crippen molar-refractivity contribution in [2.45, 2.75) is 0 Å². The fourth-order valence-electron chi connectivity index (χ4n) is 3.04. The summed E-state index contributed by atoms with van der Waals surface area (Å²) in [4.78, 5) is 40.3. The van der Waals surface area contributed by atoms with Gasteiger partial charge in [0.05, 0.1) is 13.7 Å². The molecule has 2 saturated heterocycles. The number of methoxy groups -OCH3 is 1. The topological polar surface area (TPSA) is 91.4 Å². The lowest BCUT2D eigenvalue weighted by Crippen LogP contribution is -2.52. The largest absolute Gasteiger partial charge is 0.497 e. The van der Waals surface area contributed by atoms with Gasteiger partial charge in [0.15, 0.2) is 0 Å². The van der Waals surface area contributed by atoms with E-state index in [0.717, 1.165) is 36.0 Å². The number of benzene rings is 1. The van der Waals surface area contributed by atoms with Crippen LogP contribution in [-0.4, -0.2) is 92.1 Å². The molecule has 1 N–H and O–H groups in total. The molecular formula is C18H24N4O5. The SMILES string of the molecule is COc1ccc(OCCN2CCN(C(=O)CN3C(=O)CNC3=O)CC2)cc1. The van der Waals surface area contributed by atoms with Gasteiger partial charge in [-0.2, -0.15) is 0 Å². The first-order chi connectivity index (χ1) is 13.1. The summed E-state index contributed by atoms with van der Waals surface area (Å²) in [5.41, 5.74) is 0. The van der Waals surface area contributed by atoms with Gasteiger partial charge in [0.25, 0.3) is 5.91 Å². The van der Waals surface area contributed by atoms with Crippen LogP contribution in [0.1, 0.15) is 0 Å². The van der Waals surface area contributed by atoms with Crippen molar-refractivity contribution < 1.29 is 23.9 Å². The zero-order valence-electron chi connectivity index (χ0n) is 15.3. The minimum atomic E-state index is -0.498. The molecule has 0 aromatic heterocycles. The second-order valence-electron chi connectivity index (χ2n) is 6.39. The van der Waals surface area contributed by atoms with Gasteiger partial charge in [-0.1, -0.05) is 0 Å². The Balaban J connectivity index is 1.36. The van der Waals surface area contributed by atoms with Crippen molar-refractivity contribution in [2.24, 2.45) is 0 Å². The van der Waals surface area contributed by atoms with Crippen LogP contribution in [0.3, 0.4) is 0 Å². The normalized spacial score (nSPS) is 17.8. The van der Waals surface area contributed by atoms with E-state index in [2.05, 4.69) is 10.2 Å². The van der Waals surface area contributed by atoms with Crippen LogP contribution in [-0.2, 0) is 9.59 Å². The summed E-state index contributed by atoms with van der Waals surface area (Å²) in [7, 11) is 1.62. The fraction of sp³-hybridized carbons (Fsp3) is 0.500. The first-order valence-corrected chi connectivity index (χ1v) is 8.92. The maximum absolute atomic E-state index is 12.3. The Morgan fingerprint density at radius 2 is 1.74 bits per heavy atom. The minimum Gasteiger partial charge on any atom is -0.497 e. The molecule has 3 rings (SSSR count). The van der Waals surface area contributed by atoms with Crippen LogP contribution in [0.4, 0.5) is 4.79 Å². The minimum absolute atomic E-state index is 0.0336. The first-order valence-electron chi connectivity index (χ1n) is 8.92. The second-order valence-corrected chi connectivity index (χ2v) is 6.39. The Morgan fingerprint density at radius 1 is 1.07 bits per heavy atom. The van der Waals surface area contributed by atoms with Crippen LogP contribution in [0.25, 0.3) is 0 Å². The van der Waals surface area contributed by atoms with E-state index in [4.69, 9.17) is 9.47 Å². The van der Waals surface area contributed by atoms with Crippen LogP contribution in [0.2, 0.25) is 0 Å². The zero-order chi connectivity index (χ0) is 19.2. The monoisotopic (exact) mass is 376 g/mol. The lowest BCUT2D eigenvalue weighted by Gasteiger charge is -2.35. The molecule has 0 saturated carbocycles. The summed E-state index contributed by atoms with van der Waals surface area (Å²) in [6.45, 7) is 3.72. The Kier molecular flexibility index (Phi) is 6.12. The quantitative estimate of drug-likeness (QED) is 0.661. The molecule has 1 aromatic rings. The molecule has 0 radical (unpaired) electrons. The maximum Gasteiger partial charge on any atom is 0.325 e. The van der Waals surface area contributed by atoms with Crippen LogP contribution in [0.15, 0.2) is 24.3 Å². The lowest BCUT2D eigenvalue weighted by atomic mass is 10.3. The first kappa shape index (κ1) is 19.0. The average molecular weight is 376 g/mol. The number of hydrogen-bond acceptors (Lipinski definition) is 6. The average Bonchev–Trinajstić information content (AvgIpc) is 3.01.